The number of ether oxygens (including phenoxy) is 2. The molecule has 24 heteroatoms. The highest BCUT2D eigenvalue weighted by molar-refractivity contribution is 9.10. The maximum Gasteiger partial charge on any atom is 0.327 e. The summed E-state index contributed by atoms with van der Waals surface area (Å²) < 4.78 is 41.4. The molecule has 8 rings (SSSR count). The minimum Gasteiger partial charge on any atom is -0.489 e. The average molecular weight is 973 g/mol. The minimum atomic E-state index is -1.06. The molecule has 2 aliphatic rings. The highest BCUT2D eigenvalue weighted by Crippen LogP contribution is 2.31. The molecule has 0 bridgehead atoms. The van der Waals surface area contributed by atoms with Gasteiger partial charge in [-0.2, -0.15) is 4.80 Å². The smallest absolute Gasteiger partial charge is 0.327 e. The maximum atomic E-state index is 13.4. The summed E-state index contributed by atoms with van der Waals surface area (Å²) in [5.41, 5.74) is 0.795. The third-order valence-electron chi connectivity index (χ3n) is 9.19. The van der Waals surface area contributed by atoms with E-state index in [1.165, 1.54) is 36.7 Å². The Morgan fingerprint density at radius 1 is 0.689 bits per heavy atom. The molecular weight excluding hydrogens is 934 g/mol. The van der Waals surface area contributed by atoms with Gasteiger partial charge in [0.05, 0.1) is 33.7 Å². The molecule has 2 saturated heterocycles. The van der Waals surface area contributed by atoms with E-state index in [1.54, 1.807) is 24.5 Å². The Labute approximate surface area is 363 Å². The van der Waals surface area contributed by atoms with Crippen LogP contribution in [-0.4, -0.2) is 121 Å². The molecule has 2 aliphatic heterocycles. The maximum absolute atomic E-state index is 13.4. The highest BCUT2D eigenvalue weighted by atomic mass is 79.9. The number of rotatable bonds is 12. The Morgan fingerprint density at radius 3 is 1.67 bits per heavy atom. The van der Waals surface area contributed by atoms with E-state index in [-0.39, 0.29) is 56.0 Å². The third kappa shape index (κ3) is 11.7. The van der Waals surface area contributed by atoms with Crippen molar-refractivity contribution in [3.05, 3.63) is 81.8 Å². The van der Waals surface area contributed by atoms with Crippen LogP contribution in [-0.2, 0) is 22.7 Å². The normalized spacial score (nSPS) is 14.4. The molecule has 0 unspecified atom stereocenters. The number of carboxylic acid groups (broad SMARTS) is 2. The lowest BCUT2D eigenvalue weighted by Gasteiger charge is -2.32. The number of nitrogens with zero attached hydrogens (tertiary/aromatic N) is 14. The van der Waals surface area contributed by atoms with Gasteiger partial charge in [-0.05, 0) is 71.8 Å². The molecule has 0 atom stereocenters. The number of tetrazole rings is 2. The Kier molecular flexibility index (Phi) is 14.7. The van der Waals surface area contributed by atoms with Gasteiger partial charge in [0, 0.05) is 64.0 Å². The molecule has 2 aromatic carbocycles. The number of hydrogen-bond donors (Lipinski definition) is 2. The molecule has 20 nitrogen and oxygen atoms in total. The molecule has 0 aliphatic carbocycles. The molecule has 2 fully saturated rings. The van der Waals surface area contributed by atoms with Crippen LogP contribution in [0.4, 0.5) is 20.4 Å². The van der Waals surface area contributed by atoms with Crippen molar-refractivity contribution >= 4 is 55.4 Å². The van der Waals surface area contributed by atoms with E-state index in [1.807, 2.05) is 0 Å². The van der Waals surface area contributed by atoms with E-state index < -0.39 is 11.9 Å². The zero-order valence-electron chi connectivity index (χ0n) is 31.3. The summed E-state index contributed by atoms with van der Waals surface area (Å²) in [4.78, 5) is 44.2. The van der Waals surface area contributed by atoms with Crippen molar-refractivity contribution in [3.63, 3.8) is 0 Å². The molecule has 2 N–H and O–H groups in total. The van der Waals surface area contributed by atoms with Gasteiger partial charge in [-0.3, -0.25) is 9.59 Å². The second-order valence-electron chi connectivity index (χ2n) is 13.4. The summed E-state index contributed by atoms with van der Waals surface area (Å²) in [7, 11) is 0. The van der Waals surface area contributed by atoms with Crippen molar-refractivity contribution in [1.29, 1.82) is 0 Å². The molecule has 0 radical (unpaired) electrons. The molecule has 0 amide bonds. The Morgan fingerprint density at radius 2 is 1.20 bits per heavy atom. The van der Waals surface area contributed by atoms with Crippen molar-refractivity contribution in [3.8, 4) is 34.5 Å². The van der Waals surface area contributed by atoms with E-state index in [9.17, 15) is 18.4 Å². The van der Waals surface area contributed by atoms with Crippen LogP contribution in [0.5, 0.6) is 11.5 Å². The number of carboxylic acids is 2. The molecule has 4 aromatic heterocycles. The number of hydrogen-bond acceptors (Lipinski definition) is 16. The van der Waals surface area contributed by atoms with Gasteiger partial charge >= 0.3 is 11.9 Å². The van der Waals surface area contributed by atoms with Gasteiger partial charge < -0.3 is 29.5 Å². The number of piperidine rings is 2. The standard InChI is InChI=1S/2C18H17BrFN7O3.CH4/c19-13-2-1-11(20)7-15(13)30-12-3-5-26(6-4-12)16-9-21-14(8-22-16)18-23-24-25-27(18)10-17(28)29;19-13-2-1-11(20)7-15(13)30-12-3-5-26(6-4-12)16-9-21-14(8-22-16)18-23-25-27(24-18)10-17(28)29;/h2*1-2,7-9,12H,3-6,10H2,(H,28,29);1H4. The van der Waals surface area contributed by atoms with Gasteiger partial charge in [-0.25, -0.2) is 33.4 Å². The highest BCUT2D eigenvalue weighted by Gasteiger charge is 2.25. The first kappa shape index (κ1) is 44.3. The Bertz CT molecular complexity index is 2410. The molecular formula is C37H38Br2F2N14O6. The van der Waals surface area contributed by atoms with Crippen LogP contribution in [0.25, 0.3) is 23.0 Å². The van der Waals surface area contributed by atoms with E-state index >= 15 is 0 Å². The number of aromatic nitrogens is 12. The first-order valence-corrected chi connectivity index (χ1v) is 19.9. The number of benzene rings is 2. The predicted molar refractivity (Wildman–Crippen MR) is 220 cm³/mol. The zero-order valence-corrected chi connectivity index (χ0v) is 34.5. The summed E-state index contributed by atoms with van der Waals surface area (Å²) in [5, 5.41) is 40.1. The fourth-order valence-corrected chi connectivity index (χ4v) is 6.94. The van der Waals surface area contributed by atoms with E-state index in [0.29, 0.717) is 47.6 Å². The lowest BCUT2D eigenvalue weighted by Crippen LogP contribution is -2.38. The molecule has 0 saturated carbocycles. The Hall–Kier alpha value is -6.30. The van der Waals surface area contributed by atoms with Gasteiger partial charge in [0.25, 0.3) is 0 Å². The van der Waals surface area contributed by atoms with Crippen LogP contribution in [0.3, 0.4) is 0 Å². The minimum absolute atomic E-state index is 0. The predicted octanol–water partition coefficient (Wildman–Crippen LogP) is 4.96. The molecule has 320 valence electrons. The van der Waals surface area contributed by atoms with Crippen LogP contribution in [0.15, 0.2) is 70.1 Å². The fraction of sp³-hybridized carbons (Fsp3) is 0.351. The monoisotopic (exact) mass is 970 g/mol. The van der Waals surface area contributed by atoms with Crippen LogP contribution < -0.4 is 19.3 Å². The number of carbonyl (C=O) groups is 2. The SMILES string of the molecule is C.O=C(O)Cn1nnc(-c2cnc(N3CCC(Oc4cc(F)ccc4Br)CC3)cn2)n1.O=C(O)Cn1nnnc1-c1cnc(N2CCC(Oc3cc(F)ccc3Br)CC2)cn1. The summed E-state index contributed by atoms with van der Waals surface area (Å²) in [6, 6.07) is 8.77. The van der Waals surface area contributed by atoms with Gasteiger partial charge in [0.1, 0.15) is 64.9 Å². The first-order valence-electron chi connectivity index (χ1n) is 18.3. The molecule has 61 heavy (non-hydrogen) atoms. The third-order valence-corrected chi connectivity index (χ3v) is 10.5. The van der Waals surface area contributed by atoms with Gasteiger partial charge in [-0.15, -0.1) is 15.3 Å². The summed E-state index contributed by atoms with van der Waals surface area (Å²) in [5.74, 6) is 0.0726. The molecule has 0 spiro atoms. The van der Waals surface area contributed by atoms with Crippen LogP contribution >= 0.6 is 31.9 Å². The van der Waals surface area contributed by atoms with Crippen molar-refractivity contribution in [2.75, 3.05) is 36.0 Å². The summed E-state index contributed by atoms with van der Waals surface area (Å²) in [6.07, 6.45) is 9.28. The van der Waals surface area contributed by atoms with Crippen LogP contribution in [0.1, 0.15) is 33.1 Å². The second-order valence-corrected chi connectivity index (χ2v) is 15.1. The summed E-state index contributed by atoms with van der Waals surface area (Å²) in [6.45, 7) is 2.13. The van der Waals surface area contributed by atoms with Crippen LogP contribution in [0.2, 0.25) is 0 Å². The lowest BCUT2D eigenvalue weighted by atomic mass is 10.1. The van der Waals surface area contributed by atoms with Crippen molar-refractivity contribution < 1.29 is 38.1 Å². The lowest BCUT2D eigenvalue weighted by molar-refractivity contribution is -0.139. The largest absolute Gasteiger partial charge is 0.489 e. The van der Waals surface area contributed by atoms with E-state index in [0.717, 1.165) is 57.2 Å². The number of anilines is 2. The van der Waals surface area contributed by atoms with Crippen molar-refractivity contribution in [2.24, 2.45) is 0 Å². The van der Waals surface area contributed by atoms with E-state index in [4.69, 9.17) is 19.7 Å². The topological polar surface area (TPSA) is 238 Å². The number of aliphatic carboxylic acids is 2. The molecule has 6 heterocycles. The first-order chi connectivity index (χ1) is 29.0. The van der Waals surface area contributed by atoms with Gasteiger partial charge in [-0.1, -0.05) is 7.43 Å². The molecule has 6 aromatic rings. The van der Waals surface area contributed by atoms with Gasteiger partial charge in [0.15, 0.2) is 6.54 Å². The van der Waals surface area contributed by atoms with Crippen molar-refractivity contribution in [1.82, 2.24) is 60.4 Å². The quantitative estimate of drug-likeness (QED) is 0.165. The second kappa shape index (κ2) is 20.3. The zero-order chi connectivity index (χ0) is 42.2. The van der Waals surface area contributed by atoms with E-state index in [2.05, 4.69) is 92.5 Å². The van der Waals surface area contributed by atoms with Crippen molar-refractivity contribution in [2.45, 2.75) is 58.4 Å². The number of halogens is 4. The Balaban J connectivity index is 0.000000201. The summed E-state index contributed by atoms with van der Waals surface area (Å²) >= 11 is 6.76. The fourth-order valence-electron chi connectivity index (χ4n) is 6.26. The van der Waals surface area contributed by atoms with Crippen LogP contribution in [0, 0.1) is 11.6 Å². The average Bonchev–Trinajstić information content (AvgIpc) is 3.91. The van der Waals surface area contributed by atoms with Gasteiger partial charge in [0.2, 0.25) is 11.6 Å².